The Morgan fingerprint density at radius 3 is 2.16 bits per heavy atom. The molecular formula is C28H48N4O6. The zero-order chi connectivity index (χ0) is 28.3. The average molecular weight is 537 g/mol. The molecule has 0 bridgehead atoms. The van der Waals surface area contributed by atoms with E-state index in [1.165, 1.54) is 0 Å². The van der Waals surface area contributed by atoms with Crippen LogP contribution in [0.5, 0.6) is 0 Å². The van der Waals surface area contributed by atoms with Gasteiger partial charge in [0.1, 0.15) is 17.7 Å². The lowest BCUT2D eigenvalue weighted by Gasteiger charge is -2.34. The number of carbonyl (C=O) groups excluding carboxylic acids is 4. The van der Waals surface area contributed by atoms with Gasteiger partial charge in [0.15, 0.2) is 6.10 Å². The van der Waals surface area contributed by atoms with E-state index in [-0.39, 0.29) is 29.1 Å². The third-order valence-electron chi connectivity index (χ3n) is 8.51. The number of nitrogens with two attached hydrogens (primary N) is 1. The quantitative estimate of drug-likeness (QED) is 0.435. The van der Waals surface area contributed by atoms with Crippen LogP contribution in [0.2, 0.25) is 0 Å². The van der Waals surface area contributed by atoms with E-state index in [1.807, 2.05) is 0 Å². The van der Waals surface area contributed by atoms with Gasteiger partial charge >= 0.3 is 6.09 Å². The topological polar surface area (TPSA) is 151 Å². The van der Waals surface area contributed by atoms with Crippen LogP contribution in [0.15, 0.2) is 0 Å². The number of rotatable bonds is 3. The molecule has 3 aliphatic rings. The van der Waals surface area contributed by atoms with E-state index >= 15 is 0 Å². The lowest BCUT2D eigenvalue weighted by molar-refractivity contribution is -0.143. The van der Waals surface area contributed by atoms with E-state index in [2.05, 4.69) is 24.5 Å². The van der Waals surface area contributed by atoms with Crippen LogP contribution in [0.25, 0.3) is 0 Å². The van der Waals surface area contributed by atoms with Crippen LogP contribution in [0.3, 0.4) is 0 Å². The molecule has 1 saturated carbocycles. The fourth-order valence-electron chi connectivity index (χ4n) is 6.27. The second-order valence-electron chi connectivity index (χ2n) is 13.0. The highest BCUT2D eigenvalue weighted by molar-refractivity contribution is 5.93. The van der Waals surface area contributed by atoms with E-state index in [4.69, 9.17) is 10.5 Å². The summed E-state index contributed by atoms with van der Waals surface area (Å²) >= 11 is 0. The van der Waals surface area contributed by atoms with Gasteiger partial charge in [-0.15, -0.1) is 0 Å². The van der Waals surface area contributed by atoms with Crippen molar-refractivity contribution in [1.29, 1.82) is 0 Å². The van der Waals surface area contributed by atoms with E-state index in [1.54, 1.807) is 25.7 Å². The molecule has 10 nitrogen and oxygen atoms in total. The lowest BCUT2D eigenvalue weighted by atomic mass is 9.97. The Labute approximate surface area is 226 Å². The van der Waals surface area contributed by atoms with Crippen LogP contribution in [0.4, 0.5) is 4.79 Å². The maximum Gasteiger partial charge on any atom is 0.408 e. The molecule has 4 amide bonds. The zero-order valence-electron chi connectivity index (χ0n) is 23.8. The van der Waals surface area contributed by atoms with Crippen molar-refractivity contribution in [2.45, 2.75) is 129 Å². The van der Waals surface area contributed by atoms with Gasteiger partial charge in [-0.3, -0.25) is 14.4 Å². The number of carbonyl (C=O) groups is 4. The van der Waals surface area contributed by atoms with Crippen molar-refractivity contribution >= 4 is 23.8 Å². The van der Waals surface area contributed by atoms with Crippen molar-refractivity contribution in [2.24, 2.45) is 23.0 Å². The number of piperidine rings is 1. The van der Waals surface area contributed by atoms with E-state index < -0.39 is 41.8 Å². The van der Waals surface area contributed by atoms with Crippen molar-refractivity contribution in [2.75, 3.05) is 6.54 Å². The van der Waals surface area contributed by atoms with Crippen molar-refractivity contribution in [3.05, 3.63) is 0 Å². The lowest BCUT2D eigenvalue weighted by Crippen LogP contribution is -2.58. The highest BCUT2D eigenvalue weighted by atomic mass is 16.6. The van der Waals surface area contributed by atoms with Gasteiger partial charge in [-0.2, -0.15) is 0 Å². The highest BCUT2D eigenvalue weighted by Crippen LogP contribution is 2.65. The highest BCUT2D eigenvalue weighted by Gasteiger charge is 2.69. The van der Waals surface area contributed by atoms with E-state index in [0.717, 1.165) is 51.4 Å². The Morgan fingerprint density at radius 1 is 1.05 bits per heavy atom. The molecule has 5 N–H and O–H groups in total. The Morgan fingerprint density at radius 2 is 1.61 bits per heavy atom. The number of ether oxygens (including phenoxy) is 1. The number of amides is 4. The zero-order valence-corrected chi connectivity index (χ0v) is 23.8. The number of hydrogen-bond donors (Lipinski definition) is 4. The first-order chi connectivity index (χ1) is 17.7. The molecule has 0 aromatic carbocycles. The molecule has 0 aromatic rings. The van der Waals surface area contributed by atoms with Gasteiger partial charge in [-0.05, 0) is 50.9 Å². The largest absolute Gasteiger partial charge is 0.444 e. The maximum atomic E-state index is 13.9. The Balaban J connectivity index is 1.86. The van der Waals surface area contributed by atoms with Crippen LogP contribution in [-0.2, 0) is 19.1 Å². The Hall–Kier alpha value is -2.36. The van der Waals surface area contributed by atoms with Gasteiger partial charge in [0.05, 0.1) is 6.04 Å². The van der Waals surface area contributed by atoms with Crippen molar-refractivity contribution in [3.8, 4) is 0 Å². The minimum atomic E-state index is -1.50. The van der Waals surface area contributed by atoms with Crippen molar-refractivity contribution in [1.82, 2.24) is 15.5 Å². The van der Waals surface area contributed by atoms with Gasteiger partial charge in [0.25, 0.3) is 0 Å². The minimum Gasteiger partial charge on any atom is -0.444 e. The van der Waals surface area contributed by atoms with E-state index in [9.17, 15) is 24.3 Å². The summed E-state index contributed by atoms with van der Waals surface area (Å²) in [5, 5.41) is 16.1. The minimum absolute atomic E-state index is 0.0397. The number of fused-ring (bicyclic) bond motifs is 3. The molecule has 10 heteroatoms. The molecule has 6 atom stereocenters. The first kappa shape index (κ1) is 30.2. The predicted octanol–water partition coefficient (Wildman–Crippen LogP) is 2.61. The first-order valence-electron chi connectivity index (χ1n) is 14.3. The Bertz CT molecular complexity index is 885. The summed E-state index contributed by atoms with van der Waals surface area (Å²) in [4.78, 5) is 53.6. The molecule has 3 fully saturated rings. The molecule has 2 heterocycles. The smallest absolute Gasteiger partial charge is 0.408 e. The number of nitrogens with one attached hydrogen (secondary N) is 2. The summed E-state index contributed by atoms with van der Waals surface area (Å²) in [7, 11) is 0. The number of alkyl carbamates (subject to hydrolysis) is 1. The maximum absolute atomic E-state index is 13.9. The fourth-order valence-corrected chi connectivity index (χ4v) is 6.27. The van der Waals surface area contributed by atoms with E-state index in [0.29, 0.717) is 19.4 Å². The molecule has 38 heavy (non-hydrogen) atoms. The third kappa shape index (κ3) is 7.39. The summed E-state index contributed by atoms with van der Waals surface area (Å²) in [6.45, 7) is 9.90. The number of aliphatic hydroxyl groups is 1. The number of aliphatic hydroxyl groups excluding tert-OH is 1. The third-order valence-corrected chi connectivity index (χ3v) is 8.51. The SMILES string of the molecule is CC(C)(C)OC(=O)NC1CCCCCCCCCC[C@@H](C(O)C(N)=O)NC(=O)[C@@H]2C3C(CN2C1=O)C3(C)C. The standard InChI is InChI=1S/C28H48N4O6/c1-27(2,3)38-26(37)31-19-15-13-11-9-7-6-8-10-12-14-18(22(33)23(29)34)30-24(35)21-20-17(28(20,4)5)16-32(21)25(19)36/h17-22,33H,6-16H2,1-5H3,(H2,29,34)(H,30,35)(H,31,37)/t17?,18-,19?,20?,21-,22?/m0/s1. The second-order valence-corrected chi connectivity index (χ2v) is 13.0. The summed E-state index contributed by atoms with van der Waals surface area (Å²) in [6, 6.07) is -2.36. The van der Waals surface area contributed by atoms with Crippen LogP contribution in [0, 0.1) is 17.3 Å². The van der Waals surface area contributed by atoms with Gasteiger partial charge in [-0.25, -0.2) is 4.79 Å². The summed E-state index contributed by atoms with van der Waals surface area (Å²) in [6.07, 6.45) is 6.38. The number of primary amides is 1. The number of hydrogen-bond acceptors (Lipinski definition) is 6. The van der Waals surface area contributed by atoms with Gasteiger partial charge in [0.2, 0.25) is 17.7 Å². The molecule has 0 radical (unpaired) electrons. The van der Waals surface area contributed by atoms with Crippen molar-refractivity contribution in [3.63, 3.8) is 0 Å². The first-order valence-corrected chi connectivity index (χ1v) is 14.3. The van der Waals surface area contributed by atoms with Crippen LogP contribution >= 0.6 is 0 Å². The second kappa shape index (κ2) is 12.2. The van der Waals surface area contributed by atoms with Crippen LogP contribution in [-0.4, -0.2) is 70.2 Å². The van der Waals surface area contributed by atoms with Gasteiger partial charge in [-0.1, -0.05) is 65.2 Å². The molecule has 0 aromatic heterocycles. The summed E-state index contributed by atoms with van der Waals surface area (Å²) in [5.41, 5.74) is 4.57. The molecule has 4 unspecified atom stereocenters. The molecule has 2 saturated heterocycles. The molecule has 3 rings (SSSR count). The average Bonchev–Trinajstić information content (AvgIpc) is 3.14. The van der Waals surface area contributed by atoms with Gasteiger partial charge in [0, 0.05) is 6.54 Å². The molecule has 1 aliphatic carbocycles. The molecule has 2 aliphatic heterocycles. The van der Waals surface area contributed by atoms with Crippen LogP contribution < -0.4 is 16.4 Å². The Kier molecular flexibility index (Phi) is 9.71. The summed E-state index contributed by atoms with van der Waals surface area (Å²) in [5.74, 6) is -1.44. The monoisotopic (exact) mass is 536 g/mol. The fraction of sp³-hybridized carbons (Fsp3) is 0.857. The molecule has 0 spiro atoms. The molecule has 216 valence electrons. The molecular weight excluding hydrogens is 488 g/mol. The van der Waals surface area contributed by atoms with Gasteiger partial charge < -0.3 is 31.1 Å². The predicted molar refractivity (Wildman–Crippen MR) is 143 cm³/mol. The number of nitrogens with zero attached hydrogens (tertiary/aromatic N) is 1. The normalized spacial score (nSPS) is 31.7. The summed E-state index contributed by atoms with van der Waals surface area (Å²) < 4.78 is 5.43. The van der Waals surface area contributed by atoms with Crippen molar-refractivity contribution < 1.29 is 29.0 Å². The van der Waals surface area contributed by atoms with Crippen LogP contribution in [0.1, 0.15) is 98.8 Å².